The molecule has 128 valence electrons. The highest BCUT2D eigenvalue weighted by Gasteiger charge is 2.15. The second-order valence-corrected chi connectivity index (χ2v) is 6.65. The zero-order valence-electron chi connectivity index (χ0n) is 13.8. The van der Waals surface area contributed by atoms with Crippen molar-refractivity contribution in [2.75, 3.05) is 5.32 Å². The summed E-state index contributed by atoms with van der Waals surface area (Å²) in [5.41, 5.74) is 2.40. The van der Waals surface area contributed by atoms with Gasteiger partial charge in [-0.1, -0.05) is 26.0 Å². The summed E-state index contributed by atoms with van der Waals surface area (Å²) in [5, 5.41) is 23.7. The van der Waals surface area contributed by atoms with Crippen LogP contribution >= 0.6 is 11.9 Å². The van der Waals surface area contributed by atoms with E-state index in [-0.39, 0.29) is 5.69 Å². The van der Waals surface area contributed by atoms with E-state index in [1.54, 1.807) is 19.1 Å². The first-order valence-corrected chi connectivity index (χ1v) is 8.44. The van der Waals surface area contributed by atoms with E-state index in [1.165, 1.54) is 6.07 Å². The van der Waals surface area contributed by atoms with Crippen LogP contribution in [0.5, 0.6) is 0 Å². The van der Waals surface area contributed by atoms with Gasteiger partial charge in [0.1, 0.15) is 11.9 Å². The highest BCUT2D eigenvalue weighted by molar-refractivity contribution is 7.97. The van der Waals surface area contributed by atoms with Gasteiger partial charge in [0, 0.05) is 16.6 Å². The molecule has 0 aromatic heterocycles. The number of rotatable bonds is 7. The Kier molecular flexibility index (Phi) is 6.19. The number of benzene rings is 2. The molecule has 0 fully saturated rings. The Labute approximate surface area is 145 Å². The second-order valence-electron chi connectivity index (χ2n) is 5.74. The van der Waals surface area contributed by atoms with Crippen molar-refractivity contribution in [3.63, 3.8) is 0 Å². The molecule has 6 nitrogen and oxygen atoms in total. The Balaban J connectivity index is 2.26. The lowest BCUT2D eigenvalue weighted by Gasteiger charge is -2.12. The molecule has 1 unspecified atom stereocenters. The van der Waals surface area contributed by atoms with E-state index >= 15 is 0 Å². The Morgan fingerprint density at radius 3 is 2.54 bits per heavy atom. The summed E-state index contributed by atoms with van der Waals surface area (Å²) in [4.78, 5) is 11.6. The molecular formula is C17H21N3O3S. The monoisotopic (exact) mass is 347 g/mol. The van der Waals surface area contributed by atoms with E-state index in [0.29, 0.717) is 16.5 Å². The summed E-state index contributed by atoms with van der Waals surface area (Å²) < 4.78 is 2.75. The molecule has 3 N–H and O–H groups in total. The summed E-state index contributed by atoms with van der Waals surface area (Å²) >= 11 is 1.15. The summed E-state index contributed by atoms with van der Waals surface area (Å²) in [6.07, 6.45) is -0.703. The van der Waals surface area contributed by atoms with Crippen LogP contribution in [0.2, 0.25) is 0 Å². The molecule has 0 heterocycles. The lowest BCUT2D eigenvalue weighted by molar-refractivity contribution is -0.384. The number of nitro groups is 1. The molecule has 0 spiro atoms. The number of nitrogens with zero attached hydrogens (tertiary/aromatic N) is 1. The van der Waals surface area contributed by atoms with Gasteiger partial charge in [-0.15, -0.1) is 0 Å². The summed E-state index contributed by atoms with van der Waals surface area (Å²) in [7, 11) is 0. The smallest absolute Gasteiger partial charge is 0.293 e. The van der Waals surface area contributed by atoms with Crippen molar-refractivity contribution in [3.05, 3.63) is 58.1 Å². The van der Waals surface area contributed by atoms with Gasteiger partial charge >= 0.3 is 0 Å². The third-order valence-corrected chi connectivity index (χ3v) is 4.29. The van der Waals surface area contributed by atoms with Crippen molar-refractivity contribution in [2.24, 2.45) is 0 Å². The van der Waals surface area contributed by atoms with Gasteiger partial charge in [-0.05, 0) is 54.6 Å². The molecule has 0 radical (unpaired) electrons. The SMILES string of the molecule is CC(O)NSc1ccc(Nc2cccc(C(C)C)c2)c([N+](=O)[O-])c1. The highest BCUT2D eigenvalue weighted by Crippen LogP contribution is 2.32. The quantitative estimate of drug-likeness (QED) is 0.298. The summed E-state index contributed by atoms with van der Waals surface area (Å²) in [6.45, 7) is 5.78. The molecule has 0 aliphatic heterocycles. The van der Waals surface area contributed by atoms with Gasteiger partial charge in [-0.3, -0.25) is 10.1 Å². The zero-order chi connectivity index (χ0) is 17.7. The van der Waals surface area contributed by atoms with E-state index < -0.39 is 11.2 Å². The molecule has 0 aliphatic carbocycles. The molecule has 0 amide bonds. The van der Waals surface area contributed by atoms with Gasteiger partial charge in [-0.25, -0.2) is 4.72 Å². The molecule has 0 bridgehead atoms. The van der Waals surface area contributed by atoms with Gasteiger partial charge in [0.25, 0.3) is 5.69 Å². The Morgan fingerprint density at radius 1 is 1.17 bits per heavy atom. The average Bonchev–Trinajstić information content (AvgIpc) is 2.53. The number of anilines is 2. The normalized spacial score (nSPS) is 12.2. The lowest BCUT2D eigenvalue weighted by Crippen LogP contribution is -2.17. The van der Waals surface area contributed by atoms with Crippen LogP contribution in [0.4, 0.5) is 17.1 Å². The van der Waals surface area contributed by atoms with Crippen LogP contribution in [-0.2, 0) is 0 Å². The van der Waals surface area contributed by atoms with Crippen LogP contribution in [-0.4, -0.2) is 16.3 Å². The molecule has 2 aromatic rings. The average molecular weight is 347 g/mol. The maximum atomic E-state index is 11.4. The maximum Gasteiger partial charge on any atom is 0.293 e. The standard InChI is InChI=1S/C17H21N3O3S/c1-11(2)13-5-4-6-14(9-13)18-16-8-7-15(24-19-12(3)21)10-17(16)20(22)23/h4-12,18-19,21H,1-3H3. The first-order valence-electron chi connectivity index (χ1n) is 7.62. The zero-order valence-corrected chi connectivity index (χ0v) is 14.6. The van der Waals surface area contributed by atoms with Crippen LogP contribution in [0.1, 0.15) is 32.3 Å². The number of hydrogen-bond acceptors (Lipinski definition) is 6. The fourth-order valence-corrected chi connectivity index (χ4v) is 2.73. The van der Waals surface area contributed by atoms with Crippen LogP contribution in [0.3, 0.4) is 0 Å². The van der Waals surface area contributed by atoms with Crippen molar-refractivity contribution in [2.45, 2.75) is 37.8 Å². The van der Waals surface area contributed by atoms with Gasteiger partial charge in [-0.2, -0.15) is 0 Å². The predicted molar refractivity (Wildman–Crippen MR) is 97.6 cm³/mol. The number of aliphatic hydroxyl groups is 1. The largest absolute Gasteiger partial charge is 0.378 e. The molecule has 0 aliphatic rings. The predicted octanol–water partition coefficient (Wildman–Crippen LogP) is 4.40. The topological polar surface area (TPSA) is 87.4 Å². The summed E-state index contributed by atoms with van der Waals surface area (Å²) in [6, 6.07) is 12.8. The fraction of sp³-hybridized carbons (Fsp3) is 0.294. The first-order chi connectivity index (χ1) is 11.4. The third-order valence-electron chi connectivity index (χ3n) is 3.35. The van der Waals surface area contributed by atoms with E-state index in [9.17, 15) is 15.2 Å². The fourth-order valence-electron chi connectivity index (χ4n) is 2.12. The molecule has 2 rings (SSSR count). The molecule has 0 saturated heterocycles. The second kappa shape index (κ2) is 8.14. The maximum absolute atomic E-state index is 11.4. The third kappa shape index (κ3) is 4.95. The van der Waals surface area contributed by atoms with Crippen LogP contribution < -0.4 is 10.0 Å². The van der Waals surface area contributed by atoms with E-state index in [0.717, 1.165) is 23.2 Å². The van der Waals surface area contributed by atoms with Crippen LogP contribution in [0, 0.1) is 10.1 Å². The number of aliphatic hydroxyl groups excluding tert-OH is 1. The minimum Gasteiger partial charge on any atom is -0.378 e. The van der Waals surface area contributed by atoms with E-state index in [1.807, 2.05) is 24.3 Å². The van der Waals surface area contributed by atoms with Crippen molar-refractivity contribution in [1.29, 1.82) is 0 Å². The van der Waals surface area contributed by atoms with Crippen molar-refractivity contribution < 1.29 is 10.0 Å². The number of hydrogen-bond donors (Lipinski definition) is 3. The van der Waals surface area contributed by atoms with Crippen LogP contribution in [0.25, 0.3) is 0 Å². The van der Waals surface area contributed by atoms with Gasteiger partial charge in [0.2, 0.25) is 0 Å². The highest BCUT2D eigenvalue weighted by atomic mass is 32.2. The van der Waals surface area contributed by atoms with Crippen LogP contribution in [0.15, 0.2) is 47.4 Å². The van der Waals surface area contributed by atoms with Gasteiger partial charge in [0.15, 0.2) is 0 Å². The molecule has 0 saturated carbocycles. The molecular weight excluding hydrogens is 326 g/mol. The number of nitro benzene ring substituents is 1. The Bertz CT molecular complexity index is 720. The lowest BCUT2D eigenvalue weighted by atomic mass is 10.0. The minimum absolute atomic E-state index is 0.0117. The van der Waals surface area contributed by atoms with E-state index in [2.05, 4.69) is 23.9 Å². The number of nitrogens with one attached hydrogen (secondary N) is 2. The first kappa shape index (κ1) is 18.3. The van der Waals surface area contributed by atoms with Gasteiger partial charge < -0.3 is 10.4 Å². The molecule has 24 heavy (non-hydrogen) atoms. The van der Waals surface area contributed by atoms with Gasteiger partial charge in [0.05, 0.1) is 4.92 Å². The van der Waals surface area contributed by atoms with E-state index in [4.69, 9.17) is 0 Å². The molecule has 7 heteroatoms. The van der Waals surface area contributed by atoms with Crippen molar-refractivity contribution >= 4 is 29.0 Å². The van der Waals surface area contributed by atoms with Crippen molar-refractivity contribution in [3.8, 4) is 0 Å². The van der Waals surface area contributed by atoms with Crippen molar-refractivity contribution in [1.82, 2.24) is 4.72 Å². The summed E-state index contributed by atoms with van der Waals surface area (Å²) in [5.74, 6) is 0.382. The molecule has 2 aromatic carbocycles. The molecule has 1 atom stereocenters. The minimum atomic E-state index is -0.703. The Morgan fingerprint density at radius 2 is 1.92 bits per heavy atom. The Hall–Kier alpha value is -2.09.